The van der Waals surface area contributed by atoms with Crippen molar-refractivity contribution in [3.8, 4) is 27.9 Å². The van der Waals surface area contributed by atoms with Gasteiger partial charge in [-0.1, -0.05) is 113 Å². The fraction of sp³-hybridized carbons (Fsp3) is 0. The fourth-order valence-corrected chi connectivity index (χ4v) is 8.26. The average Bonchev–Trinajstić information content (AvgIpc) is 3.81. The lowest BCUT2D eigenvalue weighted by atomic mass is 9.64. The van der Waals surface area contributed by atoms with E-state index in [9.17, 15) is 0 Å². The van der Waals surface area contributed by atoms with Crippen LogP contribution >= 0.6 is 0 Å². The molecule has 0 spiro atoms. The molecule has 0 aliphatic heterocycles. The standard InChI is InChI=1S/C42H29B4NO2/c43-36-35(23-15-13-22(14-16-23)24-17-20-34-30(21-24)27-9-3-5-11-32(27)48-34)37(44)39(46)41(38(36)45)47-31-10-4-1-7-25(31)28-18-19-29-26-8-2-6-12-33(26)49-42(29)40(28)47/h1-21H,43-46H2. The summed E-state index contributed by atoms with van der Waals surface area (Å²) in [5.41, 5.74) is 17.3. The molecule has 0 amide bonds. The highest BCUT2D eigenvalue weighted by molar-refractivity contribution is 6.62. The number of hydrogen-bond acceptors (Lipinski definition) is 2. The van der Waals surface area contributed by atoms with Crippen molar-refractivity contribution in [2.24, 2.45) is 0 Å². The second-order valence-electron chi connectivity index (χ2n) is 13.4. The maximum absolute atomic E-state index is 6.65. The van der Waals surface area contributed by atoms with Crippen LogP contribution in [-0.4, -0.2) is 36.0 Å². The summed E-state index contributed by atoms with van der Waals surface area (Å²) in [4.78, 5) is 0. The summed E-state index contributed by atoms with van der Waals surface area (Å²) < 4.78 is 15.2. The van der Waals surface area contributed by atoms with Crippen LogP contribution in [0.15, 0.2) is 136 Å². The van der Waals surface area contributed by atoms with Gasteiger partial charge < -0.3 is 13.4 Å². The first-order chi connectivity index (χ1) is 24.0. The highest BCUT2D eigenvalue weighted by atomic mass is 16.3. The molecule has 0 unspecified atom stereocenters. The van der Waals surface area contributed by atoms with Crippen molar-refractivity contribution in [3.63, 3.8) is 0 Å². The molecule has 10 aromatic rings. The van der Waals surface area contributed by atoms with E-state index in [4.69, 9.17) is 8.83 Å². The molecule has 0 radical (unpaired) electrons. The second kappa shape index (κ2) is 10.3. The van der Waals surface area contributed by atoms with Gasteiger partial charge in [-0.25, -0.2) is 0 Å². The van der Waals surface area contributed by atoms with E-state index in [1.165, 1.54) is 66.1 Å². The number of rotatable bonds is 3. The first kappa shape index (κ1) is 28.2. The maximum Gasteiger partial charge on any atom is 0.160 e. The number of furan rings is 2. The smallest absolute Gasteiger partial charge is 0.160 e. The minimum absolute atomic E-state index is 0.916. The third-order valence-electron chi connectivity index (χ3n) is 10.9. The van der Waals surface area contributed by atoms with Gasteiger partial charge in [0, 0.05) is 38.0 Å². The lowest BCUT2D eigenvalue weighted by Crippen LogP contribution is -2.46. The number of para-hydroxylation sites is 3. The highest BCUT2D eigenvalue weighted by Crippen LogP contribution is 2.40. The molecule has 7 heteroatoms. The molecule has 0 N–H and O–H groups in total. The van der Waals surface area contributed by atoms with Crippen LogP contribution in [0, 0.1) is 0 Å². The molecular formula is C42H29B4NO2. The van der Waals surface area contributed by atoms with Gasteiger partial charge in [0.1, 0.15) is 48.1 Å². The Kier molecular flexibility index (Phi) is 5.96. The topological polar surface area (TPSA) is 31.2 Å². The molecule has 3 aromatic heterocycles. The van der Waals surface area contributed by atoms with Gasteiger partial charge in [-0.05, 0) is 58.7 Å². The Morgan fingerprint density at radius 2 is 0.959 bits per heavy atom. The largest absolute Gasteiger partial charge is 0.456 e. The molecule has 226 valence electrons. The number of fused-ring (bicyclic) bond motifs is 10. The molecule has 0 saturated heterocycles. The average molecular weight is 623 g/mol. The van der Waals surface area contributed by atoms with Crippen LogP contribution < -0.4 is 21.9 Å². The van der Waals surface area contributed by atoms with E-state index in [2.05, 4.69) is 145 Å². The van der Waals surface area contributed by atoms with Crippen LogP contribution in [0.3, 0.4) is 0 Å². The van der Waals surface area contributed by atoms with Crippen molar-refractivity contribution in [1.29, 1.82) is 0 Å². The third kappa shape index (κ3) is 3.96. The summed E-state index contributed by atoms with van der Waals surface area (Å²) >= 11 is 0. The third-order valence-corrected chi connectivity index (χ3v) is 10.9. The quantitative estimate of drug-likeness (QED) is 0.261. The van der Waals surface area contributed by atoms with E-state index in [-0.39, 0.29) is 0 Å². The predicted octanol–water partition coefficient (Wildman–Crippen LogP) is 4.95. The van der Waals surface area contributed by atoms with Crippen LogP contribution in [0.1, 0.15) is 0 Å². The maximum atomic E-state index is 6.65. The molecule has 7 aromatic carbocycles. The molecule has 49 heavy (non-hydrogen) atoms. The van der Waals surface area contributed by atoms with E-state index < -0.39 is 0 Å². The Bertz CT molecular complexity index is 2960. The van der Waals surface area contributed by atoms with Gasteiger partial charge in [0.2, 0.25) is 0 Å². The van der Waals surface area contributed by atoms with Gasteiger partial charge in [-0.3, -0.25) is 0 Å². The van der Waals surface area contributed by atoms with Gasteiger partial charge in [0.15, 0.2) is 5.58 Å². The summed E-state index contributed by atoms with van der Waals surface area (Å²) in [6.07, 6.45) is 0. The van der Waals surface area contributed by atoms with E-state index >= 15 is 0 Å². The first-order valence-electron chi connectivity index (χ1n) is 16.9. The monoisotopic (exact) mass is 623 g/mol. The minimum Gasteiger partial charge on any atom is -0.456 e. The summed E-state index contributed by atoms with van der Waals surface area (Å²) in [5.74, 6) is 0. The predicted molar refractivity (Wildman–Crippen MR) is 219 cm³/mol. The molecular weight excluding hydrogens is 594 g/mol. The van der Waals surface area contributed by atoms with E-state index in [1.54, 1.807) is 0 Å². The van der Waals surface area contributed by atoms with Gasteiger partial charge in [0.25, 0.3) is 0 Å². The molecule has 0 fully saturated rings. The number of hydrogen-bond donors (Lipinski definition) is 0. The van der Waals surface area contributed by atoms with Gasteiger partial charge in [0.05, 0.1) is 11.0 Å². The molecule has 0 aliphatic carbocycles. The summed E-state index contributed by atoms with van der Waals surface area (Å²) in [5, 5.41) is 7.03. The lowest BCUT2D eigenvalue weighted by Gasteiger charge is -2.24. The molecule has 0 atom stereocenters. The van der Waals surface area contributed by atoms with Crippen molar-refractivity contribution in [2.75, 3.05) is 0 Å². The molecule has 0 bridgehead atoms. The van der Waals surface area contributed by atoms with Crippen LogP contribution in [-0.2, 0) is 0 Å². The second-order valence-corrected chi connectivity index (χ2v) is 13.4. The summed E-state index contributed by atoms with van der Waals surface area (Å²) in [6, 6.07) is 45.4. The summed E-state index contributed by atoms with van der Waals surface area (Å²) in [7, 11) is 9.10. The summed E-state index contributed by atoms with van der Waals surface area (Å²) in [6.45, 7) is 0. The van der Waals surface area contributed by atoms with Crippen molar-refractivity contribution in [1.82, 2.24) is 4.57 Å². The van der Waals surface area contributed by atoms with E-state index in [0.29, 0.717) is 0 Å². The van der Waals surface area contributed by atoms with Gasteiger partial charge >= 0.3 is 0 Å². The van der Waals surface area contributed by atoms with Crippen LogP contribution in [0.2, 0.25) is 0 Å². The molecule has 0 saturated carbocycles. The lowest BCUT2D eigenvalue weighted by molar-refractivity contribution is 0.669. The van der Waals surface area contributed by atoms with Crippen molar-refractivity contribution >= 4 is 119 Å². The highest BCUT2D eigenvalue weighted by Gasteiger charge is 2.23. The van der Waals surface area contributed by atoms with Crippen LogP contribution in [0.25, 0.3) is 93.6 Å². The van der Waals surface area contributed by atoms with Crippen LogP contribution in [0.4, 0.5) is 0 Å². The van der Waals surface area contributed by atoms with Crippen molar-refractivity contribution in [2.45, 2.75) is 0 Å². The number of benzene rings is 7. The molecule has 3 heterocycles. The SMILES string of the molecule is Bc1c(B)c(-n2c3ccccc3c3ccc4c5ccccc5oc4c32)c(B)c(B)c1-c1ccc(-c2ccc3oc4ccccc4c3c2)cc1. The number of aromatic nitrogens is 1. The Hall–Kier alpha value is -5.80. The Morgan fingerprint density at radius 1 is 0.408 bits per heavy atom. The van der Waals surface area contributed by atoms with Gasteiger partial charge in [-0.15, -0.1) is 0 Å². The zero-order valence-electron chi connectivity index (χ0n) is 27.9. The molecule has 10 rings (SSSR count). The zero-order chi connectivity index (χ0) is 33.0. The van der Waals surface area contributed by atoms with Crippen LogP contribution in [0.5, 0.6) is 0 Å². The first-order valence-corrected chi connectivity index (χ1v) is 16.9. The van der Waals surface area contributed by atoms with Gasteiger partial charge in [-0.2, -0.15) is 0 Å². The Labute approximate surface area is 286 Å². The molecule has 3 nitrogen and oxygen atoms in total. The normalized spacial score (nSPS) is 12.0. The Morgan fingerprint density at radius 3 is 1.69 bits per heavy atom. The zero-order valence-corrected chi connectivity index (χ0v) is 27.9. The Balaban J connectivity index is 1.15. The minimum atomic E-state index is 0.916. The van der Waals surface area contributed by atoms with Crippen molar-refractivity contribution in [3.05, 3.63) is 127 Å². The fourth-order valence-electron chi connectivity index (χ4n) is 8.26. The molecule has 0 aliphatic rings. The van der Waals surface area contributed by atoms with Crippen molar-refractivity contribution < 1.29 is 8.83 Å². The number of nitrogens with zero attached hydrogens (tertiary/aromatic N) is 1. The van der Waals surface area contributed by atoms with E-state index in [0.717, 1.165) is 49.4 Å². The van der Waals surface area contributed by atoms with E-state index in [1.807, 2.05) is 18.2 Å².